The van der Waals surface area contributed by atoms with Gasteiger partial charge in [-0.15, -0.1) is 0 Å². The van der Waals surface area contributed by atoms with Crippen molar-refractivity contribution in [2.24, 2.45) is 0 Å². The second kappa shape index (κ2) is 13.0. The van der Waals surface area contributed by atoms with Crippen LogP contribution >= 0.6 is 0 Å². The number of hydrogen-bond acceptors (Lipinski definition) is 5. The van der Waals surface area contributed by atoms with Crippen LogP contribution in [0.25, 0.3) is 0 Å². The fraction of sp³-hybridized carbons (Fsp3) is 0.667. The second-order valence-corrected chi connectivity index (χ2v) is 7.68. The van der Waals surface area contributed by atoms with Crippen molar-refractivity contribution < 1.29 is 52.7 Å². The molecule has 0 atom stereocenters. The maximum Gasteiger partial charge on any atom is 1.00 e. The Kier molecular flexibility index (Phi) is 12.8. The molecule has 0 saturated carbocycles. The van der Waals surface area contributed by atoms with Crippen LogP contribution in [-0.4, -0.2) is 23.2 Å². The molecule has 0 aliphatic rings. The molecule has 7 heteroatoms. The van der Waals surface area contributed by atoms with E-state index < -0.39 is 20.8 Å². The van der Waals surface area contributed by atoms with E-state index >= 15 is 0 Å². The Morgan fingerprint density at radius 1 is 0.840 bits per heavy atom. The average Bonchev–Trinajstić information content (AvgIpc) is 2.51. The molecule has 0 amide bonds. The first-order valence-corrected chi connectivity index (χ1v) is 10.3. The van der Waals surface area contributed by atoms with Gasteiger partial charge in [0.25, 0.3) is 0 Å². The van der Waals surface area contributed by atoms with Gasteiger partial charge >= 0.3 is 29.6 Å². The average molecular weight is 380 g/mol. The molecule has 0 heterocycles. The van der Waals surface area contributed by atoms with E-state index in [1.54, 1.807) is 0 Å². The molecule has 0 bridgehead atoms. The van der Waals surface area contributed by atoms with Crippen LogP contribution in [0, 0.1) is 0 Å². The molecule has 0 aliphatic heterocycles. The normalized spacial score (nSPS) is 11.3. The van der Waals surface area contributed by atoms with E-state index in [0.717, 1.165) is 25.3 Å². The maximum absolute atomic E-state index is 10.9. The Bertz CT molecular complexity index is 602. The summed E-state index contributed by atoms with van der Waals surface area (Å²) in [6.07, 6.45) is 12.5. The predicted molar refractivity (Wildman–Crippen MR) is 93.3 cm³/mol. The van der Waals surface area contributed by atoms with Gasteiger partial charge in [-0.3, -0.25) is 0 Å². The topological polar surface area (TPSA) is 97.7 Å². The van der Waals surface area contributed by atoms with Crippen LogP contribution in [-0.2, 0) is 16.5 Å². The van der Waals surface area contributed by atoms with Gasteiger partial charge in [-0.1, -0.05) is 64.7 Å². The second-order valence-electron chi connectivity index (χ2n) is 6.33. The third-order valence-electron chi connectivity index (χ3n) is 4.23. The molecule has 0 unspecified atom stereocenters. The summed E-state index contributed by atoms with van der Waals surface area (Å²) in [7, 11) is -4.78. The zero-order valence-electron chi connectivity index (χ0n) is 15.5. The molecule has 2 N–H and O–H groups in total. The number of phenolic OH excluding ortho intramolecular Hbond substituents is 2. The minimum Gasteiger partial charge on any atom is -0.744 e. The fourth-order valence-corrected chi connectivity index (χ4v) is 3.38. The molecule has 0 aliphatic carbocycles. The van der Waals surface area contributed by atoms with Crippen LogP contribution in [0.4, 0.5) is 0 Å². The number of benzene rings is 1. The van der Waals surface area contributed by atoms with Gasteiger partial charge in [-0.25, -0.2) is 8.42 Å². The summed E-state index contributed by atoms with van der Waals surface area (Å²) in [6, 6.07) is 2.01. The van der Waals surface area contributed by atoms with Gasteiger partial charge in [0, 0.05) is 6.07 Å². The molecule has 0 spiro atoms. The van der Waals surface area contributed by atoms with Gasteiger partial charge in [-0.05, 0) is 24.5 Å². The quantitative estimate of drug-likeness (QED) is 0.248. The largest absolute Gasteiger partial charge is 1.00 e. The predicted octanol–water partition coefficient (Wildman–Crippen LogP) is 1.47. The van der Waals surface area contributed by atoms with E-state index in [2.05, 4.69) is 6.92 Å². The Hall–Kier alpha value is -0.270. The monoisotopic (exact) mass is 380 g/mol. The standard InChI is InChI=1S/C18H30O5S.Na/c1-2-3-4-5-6-7-8-9-10-11-12-15-13-17(20)18(14-16(15)19)24(21,22)23;/h13-14,19-20H,2-12H2,1H3,(H,21,22,23);/q;+1/p-1. The van der Waals surface area contributed by atoms with Gasteiger partial charge in [0.1, 0.15) is 21.6 Å². The van der Waals surface area contributed by atoms with Crippen molar-refractivity contribution >= 4 is 10.1 Å². The third kappa shape index (κ3) is 9.85. The van der Waals surface area contributed by atoms with Crippen molar-refractivity contribution in [2.45, 2.75) is 82.4 Å². The van der Waals surface area contributed by atoms with E-state index in [4.69, 9.17) is 0 Å². The summed E-state index contributed by atoms with van der Waals surface area (Å²) in [6.45, 7) is 2.21. The molecular weight excluding hydrogens is 351 g/mol. The van der Waals surface area contributed by atoms with Crippen LogP contribution in [0.5, 0.6) is 11.5 Å². The number of hydrogen-bond donors (Lipinski definition) is 2. The first kappa shape index (κ1) is 24.7. The molecule has 5 nitrogen and oxygen atoms in total. The number of unbranched alkanes of at least 4 members (excludes halogenated alkanes) is 9. The molecule has 0 fully saturated rings. The van der Waals surface area contributed by atoms with E-state index in [-0.39, 0.29) is 35.3 Å². The fourth-order valence-electron chi connectivity index (χ4n) is 2.80. The van der Waals surface area contributed by atoms with Crippen molar-refractivity contribution in [3.05, 3.63) is 17.7 Å². The molecular formula is C18H29NaO5S. The molecule has 25 heavy (non-hydrogen) atoms. The SMILES string of the molecule is CCCCCCCCCCCCc1cc(O)c(S(=O)(=O)[O-])cc1O.[Na+]. The Labute approximate surface area is 173 Å². The molecule has 138 valence electrons. The van der Waals surface area contributed by atoms with Crippen LogP contribution in [0.1, 0.15) is 76.7 Å². The number of phenols is 2. The van der Waals surface area contributed by atoms with Crippen LogP contribution < -0.4 is 29.6 Å². The Balaban J connectivity index is 0.00000576. The van der Waals surface area contributed by atoms with Crippen LogP contribution in [0.3, 0.4) is 0 Å². The minimum absolute atomic E-state index is 0. The van der Waals surface area contributed by atoms with E-state index in [0.29, 0.717) is 12.0 Å². The minimum atomic E-state index is -4.78. The number of aromatic hydroxyl groups is 2. The van der Waals surface area contributed by atoms with Gasteiger partial charge < -0.3 is 14.8 Å². The van der Waals surface area contributed by atoms with Crippen molar-refractivity contribution in [2.75, 3.05) is 0 Å². The molecule has 0 aromatic heterocycles. The first-order chi connectivity index (χ1) is 11.4. The van der Waals surface area contributed by atoms with Crippen LogP contribution in [0.2, 0.25) is 0 Å². The van der Waals surface area contributed by atoms with Gasteiger partial charge in [0.05, 0.1) is 4.90 Å². The van der Waals surface area contributed by atoms with Gasteiger partial charge in [0.15, 0.2) is 0 Å². The smallest absolute Gasteiger partial charge is 0.744 e. The first-order valence-electron chi connectivity index (χ1n) is 8.87. The summed E-state index contributed by atoms with van der Waals surface area (Å²) in [5, 5.41) is 19.4. The Morgan fingerprint density at radius 3 is 1.80 bits per heavy atom. The zero-order valence-corrected chi connectivity index (χ0v) is 18.3. The summed E-state index contributed by atoms with van der Waals surface area (Å²) < 4.78 is 32.8. The summed E-state index contributed by atoms with van der Waals surface area (Å²) in [5.41, 5.74) is 0.472. The zero-order chi connectivity index (χ0) is 18.0. The molecule has 1 rings (SSSR count). The van der Waals surface area contributed by atoms with E-state index in [9.17, 15) is 23.2 Å². The van der Waals surface area contributed by atoms with Crippen molar-refractivity contribution in [1.82, 2.24) is 0 Å². The summed E-state index contributed by atoms with van der Waals surface area (Å²) >= 11 is 0. The molecule has 0 radical (unpaired) electrons. The molecule has 0 saturated heterocycles. The number of aryl methyl sites for hydroxylation is 1. The summed E-state index contributed by atoms with van der Waals surface area (Å²) in [4.78, 5) is -0.771. The van der Waals surface area contributed by atoms with Crippen LogP contribution in [0.15, 0.2) is 17.0 Å². The summed E-state index contributed by atoms with van der Waals surface area (Å²) in [5.74, 6) is -0.844. The van der Waals surface area contributed by atoms with Gasteiger partial charge in [-0.2, -0.15) is 0 Å². The van der Waals surface area contributed by atoms with Crippen molar-refractivity contribution in [3.63, 3.8) is 0 Å². The van der Waals surface area contributed by atoms with Crippen molar-refractivity contribution in [1.29, 1.82) is 0 Å². The number of rotatable bonds is 12. The maximum atomic E-state index is 10.9. The van der Waals surface area contributed by atoms with E-state index in [1.165, 1.54) is 51.0 Å². The van der Waals surface area contributed by atoms with Gasteiger partial charge in [0.2, 0.25) is 0 Å². The van der Waals surface area contributed by atoms with Crippen molar-refractivity contribution in [3.8, 4) is 11.5 Å². The Morgan fingerprint density at radius 2 is 1.32 bits per heavy atom. The molecule has 1 aromatic carbocycles. The third-order valence-corrected chi connectivity index (χ3v) is 5.09. The van der Waals surface area contributed by atoms with E-state index in [1.807, 2.05) is 0 Å². The molecule has 1 aromatic rings.